The number of nitrogens with zero attached hydrogens (tertiary/aromatic N) is 2. The van der Waals surface area contributed by atoms with E-state index in [4.69, 9.17) is 11.6 Å². The number of thioether (sulfide) groups is 1. The third-order valence-corrected chi connectivity index (χ3v) is 6.17. The molecule has 3 aromatic carbocycles. The highest BCUT2D eigenvalue weighted by Gasteiger charge is 2.26. The Labute approximate surface area is 194 Å². The Bertz CT molecular complexity index is 1280. The van der Waals surface area contributed by atoms with Crippen LogP contribution in [0.25, 0.3) is 28.2 Å². The fourth-order valence-electron chi connectivity index (χ4n) is 3.43. The lowest BCUT2D eigenvalue weighted by molar-refractivity contribution is 0.0743. The number of benzene rings is 3. The highest BCUT2D eigenvalue weighted by Crippen LogP contribution is 2.35. The van der Waals surface area contributed by atoms with Crippen molar-refractivity contribution < 1.29 is 13.9 Å². The molecule has 0 aliphatic rings. The summed E-state index contributed by atoms with van der Waals surface area (Å²) in [7, 11) is 0. The molecule has 7 heteroatoms. The average molecular weight is 471 g/mol. The first kappa shape index (κ1) is 22.5. The van der Waals surface area contributed by atoms with Gasteiger partial charge in [0.05, 0.1) is 22.0 Å². The number of imidazole rings is 1. The quantitative estimate of drug-likeness (QED) is 0.316. The zero-order valence-electron chi connectivity index (χ0n) is 17.7. The largest absolute Gasteiger partial charge is 0.384 e. The minimum Gasteiger partial charge on any atom is -0.384 e. The van der Waals surface area contributed by atoms with E-state index in [1.165, 1.54) is 29.0 Å². The first-order chi connectivity index (χ1) is 15.2. The van der Waals surface area contributed by atoms with Gasteiger partial charge < -0.3 is 5.11 Å². The van der Waals surface area contributed by atoms with Crippen molar-refractivity contribution in [2.45, 2.75) is 24.3 Å². The summed E-state index contributed by atoms with van der Waals surface area (Å²) in [6.45, 7) is 3.12. The SMILES string of the molecule is CSc1cccc(-c2ccc(-n3cc(C(C)(C)O)nc3-c3c(F)cccc3Cl)c(F)c2)c1. The van der Waals surface area contributed by atoms with Crippen LogP contribution >= 0.6 is 23.4 Å². The van der Waals surface area contributed by atoms with E-state index in [1.807, 2.05) is 30.5 Å². The van der Waals surface area contributed by atoms with Gasteiger partial charge in [-0.2, -0.15) is 0 Å². The molecule has 0 aliphatic carbocycles. The lowest BCUT2D eigenvalue weighted by Crippen LogP contribution is -2.15. The molecule has 0 fully saturated rings. The zero-order valence-corrected chi connectivity index (χ0v) is 19.3. The van der Waals surface area contributed by atoms with E-state index in [0.29, 0.717) is 0 Å². The van der Waals surface area contributed by atoms with Gasteiger partial charge in [0, 0.05) is 11.1 Å². The van der Waals surface area contributed by atoms with Crippen LogP contribution in [0.3, 0.4) is 0 Å². The Morgan fingerprint density at radius 1 is 0.969 bits per heavy atom. The van der Waals surface area contributed by atoms with Gasteiger partial charge in [-0.1, -0.05) is 35.9 Å². The van der Waals surface area contributed by atoms with Gasteiger partial charge in [-0.05, 0) is 67.6 Å². The lowest BCUT2D eigenvalue weighted by Gasteiger charge is -2.13. The van der Waals surface area contributed by atoms with Crippen LogP contribution in [0, 0.1) is 11.6 Å². The summed E-state index contributed by atoms with van der Waals surface area (Å²) in [5.41, 5.74) is 0.778. The predicted octanol–water partition coefficient (Wildman–Crippen LogP) is 7.09. The van der Waals surface area contributed by atoms with Gasteiger partial charge in [-0.25, -0.2) is 13.8 Å². The maximum absolute atomic E-state index is 15.4. The molecule has 0 spiro atoms. The monoisotopic (exact) mass is 470 g/mol. The molecule has 1 aromatic heterocycles. The normalized spacial score (nSPS) is 11.7. The zero-order chi connectivity index (χ0) is 23.0. The Morgan fingerprint density at radius 2 is 1.69 bits per heavy atom. The van der Waals surface area contributed by atoms with E-state index < -0.39 is 17.2 Å². The fourth-order valence-corrected chi connectivity index (χ4v) is 4.14. The number of aliphatic hydroxyl groups is 1. The minimum atomic E-state index is -1.31. The topological polar surface area (TPSA) is 38.0 Å². The smallest absolute Gasteiger partial charge is 0.149 e. The molecule has 0 atom stereocenters. The average Bonchev–Trinajstić information content (AvgIpc) is 3.19. The number of hydrogen-bond donors (Lipinski definition) is 1. The summed E-state index contributed by atoms with van der Waals surface area (Å²) in [5, 5.41) is 10.6. The molecule has 0 unspecified atom stereocenters. The van der Waals surface area contributed by atoms with Gasteiger partial charge in [0.15, 0.2) is 0 Å². The van der Waals surface area contributed by atoms with Crippen molar-refractivity contribution >= 4 is 23.4 Å². The second kappa shape index (κ2) is 8.70. The van der Waals surface area contributed by atoms with Crippen molar-refractivity contribution in [2.24, 2.45) is 0 Å². The standard InChI is InChI=1S/C25H21ClF2N2OS/c1-25(2,31)22-14-30(24(29-22)23-18(26)8-5-9-19(23)27)21-11-10-16(13-20(21)28)15-6-4-7-17(12-15)32-3/h4-14,31H,1-3H3. The van der Waals surface area contributed by atoms with Crippen LogP contribution in [-0.4, -0.2) is 20.9 Å². The molecular formula is C25H21ClF2N2OS. The Morgan fingerprint density at radius 3 is 2.34 bits per heavy atom. The highest BCUT2D eigenvalue weighted by molar-refractivity contribution is 7.98. The van der Waals surface area contributed by atoms with Crippen LogP contribution in [0.5, 0.6) is 0 Å². The molecular weight excluding hydrogens is 450 g/mol. The third kappa shape index (κ3) is 4.31. The maximum atomic E-state index is 15.4. The minimum absolute atomic E-state index is 0.0424. The van der Waals surface area contributed by atoms with E-state index in [2.05, 4.69) is 4.98 Å². The van der Waals surface area contributed by atoms with Crippen molar-refractivity contribution in [3.8, 4) is 28.2 Å². The van der Waals surface area contributed by atoms with Crippen LogP contribution in [0.15, 0.2) is 71.8 Å². The van der Waals surface area contributed by atoms with Crippen molar-refractivity contribution in [3.05, 3.63) is 89.2 Å². The molecule has 0 bridgehead atoms. The van der Waals surface area contributed by atoms with Crippen molar-refractivity contribution in [1.29, 1.82) is 0 Å². The first-order valence-corrected chi connectivity index (χ1v) is 11.5. The molecule has 0 amide bonds. The van der Waals surface area contributed by atoms with Crippen molar-refractivity contribution in [1.82, 2.24) is 9.55 Å². The lowest BCUT2D eigenvalue weighted by atomic mass is 10.0. The summed E-state index contributed by atoms with van der Waals surface area (Å²) in [6.07, 6.45) is 3.49. The van der Waals surface area contributed by atoms with E-state index >= 15 is 4.39 Å². The van der Waals surface area contributed by atoms with Crippen molar-refractivity contribution in [2.75, 3.05) is 6.26 Å². The number of halogens is 3. The summed E-state index contributed by atoms with van der Waals surface area (Å²) >= 11 is 7.88. The van der Waals surface area contributed by atoms with Crippen molar-refractivity contribution in [3.63, 3.8) is 0 Å². The summed E-state index contributed by atoms with van der Waals surface area (Å²) < 4.78 is 31.5. The van der Waals surface area contributed by atoms with E-state index in [9.17, 15) is 9.50 Å². The summed E-state index contributed by atoms with van der Waals surface area (Å²) in [6, 6.07) is 17.0. The van der Waals surface area contributed by atoms with Gasteiger partial charge in [0.2, 0.25) is 0 Å². The summed E-state index contributed by atoms with van der Waals surface area (Å²) in [4.78, 5) is 5.49. The Hall–Kier alpha value is -2.67. The molecule has 1 N–H and O–H groups in total. The molecule has 4 rings (SSSR count). The Balaban J connectivity index is 1.89. The first-order valence-electron chi connectivity index (χ1n) is 9.90. The molecule has 32 heavy (non-hydrogen) atoms. The molecule has 4 aromatic rings. The van der Waals surface area contributed by atoms with Gasteiger partial charge in [0.1, 0.15) is 23.1 Å². The van der Waals surface area contributed by atoms with E-state index in [-0.39, 0.29) is 27.8 Å². The van der Waals surface area contributed by atoms with Gasteiger partial charge in [0.25, 0.3) is 0 Å². The molecule has 1 heterocycles. The second-order valence-corrected chi connectivity index (χ2v) is 9.16. The summed E-state index contributed by atoms with van der Waals surface area (Å²) in [5.74, 6) is -0.982. The fraction of sp³-hybridized carbons (Fsp3) is 0.160. The van der Waals surface area contributed by atoms with Crippen LogP contribution in [0.2, 0.25) is 5.02 Å². The van der Waals surface area contributed by atoms with Crippen LogP contribution in [0.1, 0.15) is 19.5 Å². The molecule has 0 saturated carbocycles. The van der Waals surface area contributed by atoms with Gasteiger partial charge in [-0.15, -0.1) is 11.8 Å². The van der Waals surface area contributed by atoms with Crippen LogP contribution < -0.4 is 0 Å². The van der Waals surface area contributed by atoms with E-state index in [0.717, 1.165) is 16.0 Å². The number of aromatic nitrogens is 2. The number of hydrogen-bond acceptors (Lipinski definition) is 3. The highest BCUT2D eigenvalue weighted by atomic mass is 35.5. The van der Waals surface area contributed by atoms with Gasteiger partial charge in [-0.3, -0.25) is 4.57 Å². The maximum Gasteiger partial charge on any atom is 0.149 e. The van der Waals surface area contributed by atoms with Gasteiger partial charge >= 0.3 is 0 Å². The molecule has 164 valence electrons. The molecule has 0 aliphatic heterocycles. The second-order valence-electron chi connectivity index (χ2n) is 7.87. The molecule has 0 radical (unpaired) electrons. The number of rotatable bonds is 5. The van der Waals surface area contributed by atoms with Crippen LogP contribution in [-0.2, 0) is 5.60 Å². The Kier molecular flexibility index (Phi) is 6.12. The van der Waals surface area contributed by atoms with Crippen LogP contribution in [0.4, 0.5) is 8.78 Å². The molecule has 0 saturated heterocycles. The van der Waals surface area contributed by atoms with E-state index in [1.54, 1.807) is 43.8 Å². The molecule has 3 nitrogen and oxygen atoms in total. The predicted molar refractivity (Wildman–Crippen MR) is 126 cm³/mol. The third-order valence-electron chi connectivity index (χ3n) is 5.13.